The van der Waals surface area contributed by atoms with Gasteiger partial charge in [-0.05, 0) is 93.6 Å². The Balaban J connectivity index is 1.46. The Kier molecular flexibility index (Phi) is 6.70. The number of halogens is 1. The summed E-state index contributed by atoms with van der Waals surface area (Å²) in [5.74, 6) is -0.352. The molecule has 1 aliphatic carbocycles. The van der Waals surface area contributed by atoms with Gasteiger partial charge in [0.15, 0.2) is 0 Å². The number of rotatable bonds is 6. The van der Waals surface area contributed by atoms with Gasteiger partial charge in [-0.3, -0.25) is 0 Å². The van der Waals surface area contributed by atoms with E-state index in [2.05, 4.69) is 32.6 Å². The van der Waals surface area contributed by atoms with Crippen LogP contribution in [0, 0.1) is 0 Å². The fraction of sp³-hybridized carbons (Fsp3) is 0.500. The lowest BCUT2D eigenvalue weighted by atomic mass is 9.81. The quantitative estimate of drug-likeness (QED) is 0.391. The van der Waals surface area contributed by atoms with Crippen LogP contribution in [-0.2, 0) is 6.54 Å². The van der Waals surface area contributed by atoms with E-state index in [1.807, 2.05) is 12.1 Å². The Bertz CT molecular complexity index is 1270. The first-order valence-corrected chi connectivity index (χ1v) is 14.1. The smallest absolute Gasteiger partial charge is 0.335 e. The highest BCUT2D eigenvalue weighted by Crippen LogP contribution is 2.47. The van der Waals surface area contributed by atoms with Gasteiger partial charge in [0, 0.05) is 46.8 Å². The highest BCUT2D eigenvalue weighted by atomic mass is 35.5. The predicted molar refractivity (Wildman–Crippen MR) is 148 cm³/mol. The topological polar surface area (TPSA) is 48.7 Å². The Hall–Kier alpha value is -2.50. The molecule has 1 saturated heterocycles. The fourth-order valence-electron chi connectivity index (χ4n) is 6.87. The van der Waals surface area contributed by atoms with Crippen molar-refractivity contribution >= 4 is 34.2 Å². The van der Waals surface area contributed by atoms with Crippen LogP contribution in [0.5, 0.6) is 0 Å². The molecule has 2 fully saturated rings. The summed E-state index contributed by atoms with van der Waals surface area (Å²) in [5, 5.41) is 11.7. The largest absolute Gasteiger partial charge is 0.478 e. The third-order valence-electron chi connectivity index (χ3n) is 8.61. The summed E-state index contributed by atoms with van der Waals surface area (Å²) >= 11 is 6.58. The minimum atomic E-state index is -0.865. The number of fused-ring (bicyclic) bond motifs is 5. The minimum Gasteiger partial charge on any atom is -0.478 e. The van der Waals surface area contributed by atoms with E-state index in [4.69, 9.17) is 11.6 Å². The van der Waals surface area contributed by atoms with Crippen LogP contribution in [0.2, 0.25) is 5.02 Å². The molecule has 3 heterocycles. The first kappa shape index (κ1) is 23.9. The van der Waals surface area contributed by atoms with E-state index in [0.29, 0.717) is 11.5 Å². The second kappa shape index (κ2) is 10.1. The molecule has 3 aromatic rings. The van der Waals surface area contributed by atoms with Crippen molar-refractivity contribution in [1.82, 2.24) is 9.47 Å². The van der Waals surface area contributed by atoms with Crippen molar-refractivity contribution in [1.29, 1.82) is 0 Å². The van der Waals surface area contributed by atoms with Gasteiger partial charge in [0.2, 0.25) is 0 Å². The average molecular weight is 506 g/mol. The molecule has 0 bridgehead atoms. The molecule has 0 radical (unpaired) electrons. The highest BCUT2D eigenvalue weighted by molar-refractivity contribution is 6.31. The van der Waals surface area contributed by atoms with Gasteiger partial charge in [0.1, 0.15) is 0 Å². The molecule has 2 aliphatic heterocycles. The first-order valence-electron chi connectivity index (χ1n) is 13.8. The lowest BCUT2D eigenvalue weighted by Gasteiger charge is -2.27. The second-order valence-electron chi connectivity index (χ2n) is 10.8. The van der Waals surface area contributed by atoms with Crippen LogP contribution in [0.3, 0.4) is 0 Å². The molecule has 0 atom stereocenters. The van der Waals surface area contributed by atoms with Crippen molar-refractivity contribution in [3.8, 4) is 11.3 Å². The van der Waals surface area contributed by atoms with E-state index in [1.54, 1.807) is 6.07 Å². The lowest BCUT2D eigenvalue weighted by Crippen LogP contribution is -2.30. The normalized spacial score (nSPS) is 18.9. The Labute approximate surface area is 218 Å². The standard InChI is InChI=1S/C30H36ClN3O2/c31-23-10-12-25-26(20-23)33(16-6-15-32-13-4-5-14-32)17-18-34-27-19-22(30(35)36)9-11-24(27)28(29(25)34)21-7-2-1-3-8-21/h9-12,19-21H,1-8,13-18H2,(H,35,36). The summed E-state index contributed by atoms with van der Waals surface area (Å²) in [4.78, 5) is 17.0. The number of benzene rings is 2. The summed E-state index contributed by atoms with van der Waals surface area (Å²) in [6.07, 6.45) is 10.0. The third-order valence-corrected chi connectivity index (χ3v) is 8.85. The Morgan fingerprint density at radius 3 is 2.50 bits per heavy atom. The minimum absolute atomic E-state index is 0.362. The van der Waals surface area contributed by atoms with E-state index in [1.165, 1.54) is 85.9 Å². The fourth-order valence-corrected chi connectivity index (χ4v) is 7.03. The predicted octanol–water partition coefficient (Wildman–Crippen LogP) is 7.01. The van der Waals surface area contributed by atoms with Crippen molar-refractivity contribution in [3.63, 3.8) is 0 Å². The molecule has 1 aromatic heterocycles. The van der Waals surface area contributed by atoms with Gasteiger partial charge in [0.25, 0.3) is 0 Å². The summed E-state index contributed by atoms with van der Waals surface area (Å²) in [5.41, 5.74) is 6.59. The number of carbonyl (C=O) groups is 1. The molecule has 6 rings (SSSR count). The highest BCUT2D eigenvalue weighted by Gasteiger charge is 2.30. The van der Waals surface area contributed by atoms with Crippen LogP contribution >= 0.6 is 11.6 Å². The maximum Gasteiger partial charge on any atom is 0.335 e. The third kappa shape index (κ3) is 4.41. The van der Waals surface area contributed by atoms with Crippen LogP contribution in [-0.4, -0.2) is 53.3 Å². The van der Waals surface area contributed by atoms with Crippen molar-refractivity contribution in [2.45, 2.75) is 63.8 Å². The number of aromatic nitrogens is 1. The van der Waals surface area contributed by atoms with Crippen molar-refractivity contribution < 1.29 is 9.90 Å². The monoisotopic (exact) mass is 505 g/mol. The van der Waals surface area contributed by atoms with Crippen LogP contribution in [0.15, 0.2) is 36.4 Å². The molecule has 6 heteroatoms. The SMILES string of the molecule is O=C(O)c1ccc2c(C3CCCCC3)c3n(c2c1)CCN(CCCN1CCCC1)c1cc(Cl)ccc1-3. The van der Waals surface area contributed by atoms with E-state index in [0.717, 1.165) is 43.1 Å². The number of nitrogens with zero attached hydrogens (tertiary/aromatic N) is 3. The van der Waals surface area contributed by atoms with Gasteiger partial charge in [-0.1, -0.05) is 36.9 Å². The van der Waals surface area contributed by atoms with Gasteiger partial charge in [-0.15, -0.1) is 0 Å². The van der Waals surface area contributed by atoms with E-state index >= 15 is 0 Å². The molecule has 2 aromatic carbocycles. The number of aromatic carboxylic acids is 1. The molecule has 0 unspecified atom stereocenters. The molecule has 0 spiro atoms. The van der Waals surface area contributed by atoms with Crippen molar-refractivity contribution in [3.05, 3.63) is 52.5 Å². The molecular formula is C30H36ClN3O2. The number of carboxylic acids is 1. The Morgan fingerprint density at radius 2 is 1.72 bits per heavy atom. The number of hydrogen-bond acceptors (Lipinski definition) is 3. The van der Waals surface area contributed by atoms with E-state index in [9.17, 15) is 9.90 Å². The number of likely N-dealkylation sites (tertiary alicyclic amines) is 1. The zero-order chi connectivity index (χ0) is 24.6. The van der Waals surface area contributed by atoms with Gasteiger partial charge in [-0.2, -0.15) is 0 Å². The van der Waals surface area contributed by atoms with Crippen LogP contribution < -0.4 is 4.90 Å². The van der Waals surface area contributed by atoms with Gasteiger partial charge in [-0.25, -0.2) is 4.79 Å². The molecule has 0 amide bonds. The Morgan fingerprint density at radius 1 is 0.917 bits per heavy atom. The van der Waals surface area contributed by atoms with Gasteiger partial charge in [0.05, 0.1) is 11.3 Å². The molecule has 36 heavy (non-hydrogen) atoms. The number of anilines is 1. The summed E-state index contributed by atoms with van der Waals surface area (Å²) < 4.78 is 2.42. The first-order chi connectivity index (χ1) is 17.6. The summed E-state index contributed by atoms with van der Waals surface area (Å²) in [6.45, 7) is 6.36. The summed E-state index contributed by atoms with van der Waals surface area (Å²) in [7, 11) is 0. The molecule has 190 valence electrons. The van der Waals surface area contributed by atoms with Crippen LogP contribution in [0.4, 0.5) is 5.69 Å². The molecule has 1 N–H and O–H groups in total. The number of hydrogen-bond donors (Lipinski definition) is 1. The van der Waals surface area contributed by atoms with Crippen molar-refractivity contribution in [2.75, 3.05) is 37.6 Å². The molecular weight excluding hydrogens is 470 g/mol. The number of carboxylic acid groups (broad SMARTS) is 1. The van der Waals surface area contributed by atoms with E-state index < -0.39 is 5.97 Å². The summed E-state index contributed by atoms with van der Waals surface area (Å²) in [6, 6.07) is 12.1. The molecule has 3 aliphatic rings. The van der Waals surface area contributed by atoms with Gasteiger partial charge >= 0.3 is 5.97 Å². The zero-order valence-electron chi connectivity index (χ0n) is 21.0. The zero-order valence-corrected chi connectivity index (χ0v) is 21.8. The van der Waals surface area contributed by atoms with Crippen LogP contribution in [0.25, 0.3) is 22.2 Å². The molecule has 1 saturated carbocycles. The maximum atomic E-state index is 11.9. The lowest BCUT2D eigenvalue weighted by molar-refractivity contribution is 0.0697. The van der Waals surface area contributed by atoms with Crippen LogP contribution in [0.1, 0.15) is 73.2 Å². The second-order valence-corrected chi connectivity index (χ2v) is 11.3. The maximum absolute atomic E-state index is 11.9. The van der Waals surface area contributed by atoms with E-state index in [-0.39, 0.29) is 0 Å². The van der Waals surface area contributed by atoms with Gasteiger partial charge < -0.3 is 19.5 Å². The molecule has 5 nitrogen and oxygen atoms in total. The average Bonchev–Trinajstić information content (AvgIpc) is 3.48. The van der Waals surface area contributed by atoms with Crippen molar-refractivity contribution in [2.24, 2.45) is 0 Å².